The molecule has 5 rings (SSSR count). The van der Waals surface area contributed by atoms with Gasteiger partial charge in [0.1, 0.15) is 5.82 Å². The van der Waals surface area contributed by atoms with Gasteiger partial charge in [-0.2, -0.15) is 0 Å². The van der Waals surface area contributed by atoms with Gasteiger partial charge in [-0.1, -0.05) is 65.9 Å². The standard InChI is InChI=1S/C31H34FN5O2S/c1-22-8-12-25(13-9-22)29-33-34-31(37(29)23(2)20-39-3)40-21-24-10-14-26(15-11-24)30(38)36-18-16-35(17-19-36)28-7-5-4-6-27(28)32/h4-15,23H,16-21H2,1-3H3/t23-/m0/s1. The lowest BCUT2D eigenvalue weighted by Gasteiger charge is -2.36. The zero-order chi connectivity index (χ0) is 28.1. The molecule has 7 nitrogen and oxygen atoms in total. The van der Waals surface area contributed by atoms with Gasteiger partial charge in [-0.05, 0) is 43.7 Å². The number of methoxy groups -OCH3 is 1. The van der Waals surface area contributed by atoms with Crippen LogP contribution in [0.1, 0.15) is 34.5 Å². The predicted molar refractivity (Wildman–Crippen MR) is 157 cm³/mol. The van der Waals surface area contributed by atoms with Gasteiger partial charge < -0.3 is 14.5 Å². The Kier molecular flexibility index (Phi) is 8.81. The summed E-state index contributed by atoms with van der Waals surface area (Å²) in [6.45, 7) is 7.05. The molecule has 9 heteroatoms. The Morgan fingerprint density at radius 3 is 2.35 bits per heavy atom. The molecule has 3 aromatic carbocycles. The first-order valence-electron chi connectivity index (χ1n) is 13.5. The Morgan fingerprint density at radius 2 is 1.68 bits per heavy atom. The van der Waals surface area contributed by atoms with Gasteiger partial charge in [0, 0.05) is 50.2 Å². The van der Waals surface area contributed by atoms with Crippen LogP contribution in [-0.2, 0) is 10.5 Å². The van der Waals surface area contributed by atoms with E-state index in [9.17, 15) is 9.18 Å². The molecule has 208 valence electrons. The van der Waals surface area contributed by atoms with Crippen molar-refractivity contribution in [3.8, 4) is 11.4 Å². The van der Waals surface area contributed by atoms with E-state index >= 15 is 0 Å². The average molecular weight is 560 g/mol. The van der Waals surface area contributed by atoms with Crippen molar-refractivity contribution in [3.05, 3.63) is 95.3 Å². The summed E-state index contributed by atoms with van der Waals surface area (Å²) in [5.74, 6) is 1.29. The Balaban J connectivity index is 1.22. The lowest BCUT2D eigenvalue weighted by molar-refractivity contribution is 0.0746. The highest BCUT2D eigenvalue weighted by Gasteiger charge is 2.24. The minimum Gasteiger partial charge on any atom is -0.383 e. The van der Waals surface area contributed by atoms with E-state index in [-0.39, 0.29) is 17.8 Å². The number of carbonyl (C=O) groups is 1. The molecule has 0 aliphatic carbocycles. The summed E-state index contributed by atoms with van der Waals surface area (Å²) < 4.78 is 21.7. The highest BCUT2D eigenvalue weighted by atomic mass is 32.2. The van der Waals surface area contributed by atoms with E-state index < -0.39 is 0 Å². The molecular weight excluding hydrogens is 525 g/mol. The molecule has 0 unspecified atom stereocenters. The number of benzene rings is 3. The van der Waals surface area contributed by atoms with Gasteiger partial charge in [0.25, 0.3) is 5.91 Å². The molecule has 1 aliphatic heterocycles. The van der Waals surface area contributed by atoms with Crippen molar-refractivity contribution in [2.45, 2.75) is 30.8 Å². The first-order chi connectivity index (χ1) is 19.4. The van der Waals surface area contributed by atoms with Gasteiger partial charge >= 0.3 is 0 Å². The van der Waals surface area contributed by atoms with Crippen LogP contribution in [0.3, 0.4) is 0 Å². The highest BCUT2D eigenvalue weighted by Crippen LogP contribution is 2.30. The average Bonchev–Trinajstić information content (AvgIpc) is 3.41. The van der Waals surface area contributed by atoms with E-state index in [1.54, 1.807) is 31.0 Å². The maximum Gasteiger partial charge on any atom is 0.253 e. The van der Waals surface area contributed by atoms with Crippen LogP contribution in [0.5, 0.6) is 0 Å². The number of hydrogen-bond donors (Lipinski definition) is 0. The fraction of sp³-hybridized carbons (Fsp3) is 0.323. The Labute approximate surface area is 239 Å². The van der Waals surface area contributed by atoms with Gasteiger partial charge in [0.2, 0.25) is 0 Å². The highest BCUT2D eigenvalue weighted by molar-refractivity contribution is 7.98. The Morgan fingerprint density at radius 1 is 0.975 bits per heavy atom. The van der Waals surface area contributed by atoms with E-state index in [4.69, 9.17) is 4.74 Å². The summed E-state index contributed by atoms with van der Waals surface area (Å²) in [6.07, 6.45) is 0. The number of anilines is 1. The molecule has 1 saturated heterocycles. The first kappa shape index (κ1) is 27.9. The fourth-order valence-corrected chi connectivity index (χ4v) is 5.91. The normalized spacial score (nSPS) is 14.4. The number of ether oxygens (including phenoxy) is 1. The number of para-hydroxylation sites is 1. The fourth-order valence-electron chi connectivity index (χ4n) is 4.92. The third-order valence-corrected chi connectivity index (χ3v) is 8.17. The Bertz CT molecular complexity index is 1430. The lowest BCUT2D eigenvalue weighted by Crippen LogP contribution is -2.49. The maximum absolute atomic E-state index is 14.2. The van der Waals surface area contributed by atoms with Crippen molar-refractivity contribution in [1.82, 2.24) is 19.7 Å². The van der Waals surface area contributed by atoms with Crippen LogP contribution in [0.2, 0.25) is 0 Å². The van der Waals surface area contributed by atoms with Gasteiger partial charge in [-0.25, -0.2) is 4.39 Å². The van der Waals surface area contributed by atoms with Gasteiger partial charge in [-0.15, -0.1) is 10.2 Å². The van der Waals surface area contributed by atoms with Crippen molar-refractivity contribution in [2.24, 2.45) is 0 Å². The van der Waals surface area contributed by atoms with Crippen molar-refractivity contribution in [2.75, 3.05) is 44.8 Å². The molecule has 1 amide bonds. The van der Waals surface area contributed by atoms with Crippen LogP contribution in [0, 0.1) is 12.7 Å². The summed E-state index contributed by atoms with van der Waals surface area (Å²) in [6, 6.07) is 22.9. The van der Waals surface area contributed by atoms with E-state index in [0.29, 0.717) is 49.8 Å². The second-order valence-corrected chi connectivity index (χ2v) is 11.0. The molecule has 2 heterocycles. The zero-order valence-corrected chi connectivity index (χ0v) is 23.9. The molecule has 0 bridgehead atoms. The third kappa shape index (κ3) is 6.21. The number of hydrogen-bond acceptors (Lipinski definition) is 6. The summed E-state index contributed by atoms with van der Waals surface area (Å²) in [4.78, 5) is 17.0. The van der Waals surface area contributed by atoms with Crippen LogP contribution in [0.15, 0.2) is 78.0 Å². The van der Waals surface area contributed by atoms with Crippen LogP contribution in [0.25, 0.3) is 11.4 Å². The van der Waals surface area contributed by atoms with E-state index in [1.807, 2.05) is 40.1 Å². The molecule has 1 fully saturated rings. The number of thioether (sulfide) groups is 1. The number of rotatable bonds is 9. The summed E-state index contributed by atoms with van der Waals surface area (Å²) >= 11 is 1.62. The topological polar surface area (TPSA) is 63.5 Å². The van der Waals surface area contributed by atoms with Crippen LogP contribution >= 0.6 is 11.8 Å². The van der Waals surface area contributed by atoms with E-state index in [0.717, 1.165) is 22.1 Å². The number of halogens is 1. The van der Waals surface area contributed by atoms with Crippen molar-refractivity contribution >= 4 is 23.4 Å². The summed E-state index contributed by atoms with van der Waals surface area (Å²) in [5.41, 5.74) is 4.56. The van der Waals surface area contributed by atoms with Crippen LogP contribution in [-0.4, -0.2) is 65.5 Å². The molecule has 1 aliphatic rings. The molecule has 1 atom stereocenters. The number of nitrogens with zero attached hydrogens (tertiary/aromatic N) is 5. The minimum atomic E-state index is -0.228. The van der Waals surface area contributed by atoms with Crippen molar-refractivity contribution < 1.29 is 13.9 Å². The van der Waals surface area contributed by atoms with Crippen molar-refractivity contribution in [1.29, 1.82) is 0 Å². The molecule has 0 spiro atoms. The number of amides is 1. The molecule has 4 aromatic rings. The Hall–Kier alpha value is -3.69. The minimum absolute atomic E-state index is 0.00302. The summed E-state index contributed by atoms with van der Waals surface area (Å²) in [7, 11) is 1.70. The van der Waals surface area contributed by atoms with Crippen LogP contribution in [0.4, 0.5) is 10.1 Å². The first-order valence-corrected chi connectivity index (χ1v) is 14.4. The smallest absolute Gasteiger partial charge is 0.253 e. The van der Waals surface area contributed by atoms with E-state index in [1.165, 1.54) is 11.6 Å². The number of piperazine rings is 1. The molecule has 0 radical (unpaired) electrons. The van der Waals surface area contributed by atoms with Crippen molar-refractivity contribution in [3.63, 3.8) is 0 Å². The summed E-state index contributed by atoms with van der Waals surface area (Å²) in [5, 5.41) is 9.85. The molecule has 40 heavy (non-hydrogen) atoms. The number of aryl methyl sites for hydroxylation is 1. The largest absolute Gasteiger partial charge is 0.383 e. The third-order valence-electron chi connectivity index (χ3n) is 7.15. The number of carbonyl (C=O) groups excluding carboxylic acids is 1. The number of aromatic nitrogens is 3. The molecule has 1 aromatic heterocycles. The lowest BCUT2D eigenvalue weighted by atomic mass is 10.1. The predicted octanol–water partition coefficient (Wildman–Crippen LogP) is 5.85. The molecule has 0 N–H and O–H groups in total. The monoisotopic (exact) mass is 559 g/mol. The second kappa shape index (κ2) is 12.7. The molecular formula is C31H34FN5O2S. The van der Waals surface area contributed by atoms with Crippen LogP contribution < -0.4 is 4.90 Å². The second-order valence-electron chi connectivity index (χ2n) is 10.1. The van der Waals surface area contributed by atoms with Gasteiger partial charge in [-0.3, -0.25) is 9.36 Å². The zero-order valence-electron chi connectivity index (χ0n) is 23.1. The maximum atomic E-state index is 14.2. The molecule has 0 saturated carbocycles. The van der Waals surface area contributed by atoms with Gasteiger partial charge in [0.05, 0.1) is 18.3 Å². The quantitative estimate of drug-likeness (QED) is 0.240. The van der Waals surface area contributed by atoms with Gasteiger partial charge in [0.15, 0.2) is 11.0 Å². The SMILES string of the molecule is COC[C@H](C)n1c(SCc2ccc(C(=O)N3CCN(c4ccccc4F)CC3)cc2)nnc1-c1ccc(C)cc1. The van der Waals surface area contributed by atoms with E-state index in [2.05, 4.69) is 52.9 Å².